The van der Waals surface area contributed by atoms with Gasteiger partial charge in [-0.05, 0) is 106 Å². The second-order valence-corrected chi connectivity index (χ2v) is 10.2. The number of allylic oxidation sites excluding steroid dienone is 2. The lowest BCUT2D eigenvalue weighted by atomic mass is 9.53. The van der Waals surface area contributed by atoms with Crippen molar-refractivity contribution < 1.29 is 9.53 Å². The number of carbonyl (C=O) groups is 1. The predicted molar refractivity (Wildman–Crippen MR) is 121 cm³/mol. The zero-order valence-electron chi connectivity index (χ0n) is 19.2. The monoisotopic (exact) mass is 410 g/mol. The van der Waals surface area contributed by atoms with E-state index in [1.54, 1.807) is 0 Å². The smallest absolute Gasteiger partial charge is 0.138 e. The fourth-order valence-corrected chi connectivity index (χ4v) is 7.14. The summed E-state index contributed by atoms with van der Waals surface area (Å²) in [6.07, 6.45) is 15.3. The van der Waals surface area contributed by atoms with E-state index in [2.05, 4.69) is 42.9 Å². The number of aldehydes is 1. The van der Waals surface area contributed by atoms with Gasteiger partial charge in [0.15, 0.2) is 0 Å². The summed E-state index contributed by atoms with van der Waals surface area (Å²) in [5.41, 5.74) is 3.09. The van der Waals surface area contributed by atoms with Crippen LogP contribution in [-0.4, -0.2) is 41.9 Å². The molecule has 0 amide bonds. The molecule has 3 aliphatic rings. The molecule has 1 aliphatic heterocycles. The fourth-order valence-electron chi connectivity index (χ4n) is 7.14. The van der Waals surface area contributed by atoms with Crippen molar-refractivity contribution in [1.82, 2.24) is 9.88 Å². The lowest BCUT2D eigenvalue weighted by Crippen LogP contribution is -2.53. The third-order valence-electron chi connectivity index (χ3n) is 8.82. The molecule has 2 fully saturated rings. The quantitative estimate of drug-likeness (QED) is 0.566. The predicted octanol–water partition coefficient (Wildman–Crippen LogP) is 5.38. The van der Waals surface area contributed by atoms with Gasteiger partial charge in [-0.25, -0.2) is 0 Å². The Balaban J connectivity index is 1.64. The summed E-state index contributed by atoms with van der Waals surface area (Å²) in [6.45, 7) is 8.83. The summed E-state index contributed by atoms with van der Waals surface area (Å²) in [6, 6.07) is 2.16. The van der Waals surface area contributed by atoms with Gasteiger partial charge in [0.2, 0.25) is 0 Å². The number of hydrogen-bond donors (Lipinski definition) is 0. The number of aromatic nitrogens is 1. The van der Waals surface area contributed by atoms with Crippen LogP contribution in [0.5, 0.6) is 5.75 Å². The number of hydrogen-bond acceptors (Lipinski definition) is 4. The van der Waals surface area contributed by atoms with Gasteiger partial charge in [-0.1, -0.05) is 13.0 Å². The summed E-state index contributed by atoms with van der Waals surface area (Å²) in [5.74, 6) is 2.72. The molecule has 1 saturated heterocycles. The van der Waals surface area contributed by atoms with E-state index in [1.165, 1.54) is 43.4 Å². The maximum atomic E-state index is 11.3. The van der Waals surface area contributed by atoms with Crippen LogP contribution in [0, 0.1) is 23.2 Å². The minimum absolute atomic E-state index is 0.157. The van der Waals surface area contributed by atoms with Crippen molar-refractivity contribution in [2.75, 3.05) is 20.2 Å². The number of ether oxygens (including phenoxy) is 1. The second kappa shape index (κ2) is 8.45. The molecule has 0 aromatic carbocycles. The molecule has 0 radical (unpaired) electrons. The highest BCUT2D eigenvalue weighted by Gasteiger charge is 2.55. The lowest BCUT2D eigenvalue weighted by Gasteiger charge is -2.54. The summed E-state index contributed by atoms with van der Waals surface area (Å²) in [7, 11) is 2.31. The topological polar surface area (TPSA) is 42.4 Å². The molecule has 0 N–H and O–H groups in total. The van der Waals surface area contributed by atoms with E-state index in [4.69, 9.17) is 4.74 Å². The van der Waals surface area contributed by atoms with Crippen molar-refractivity contribution in [2.24, 2.45) is 23.2 Å². The highest BCUT2D eigenvalue weighted by Crippen LogP contribution is 2.62. The number of likely N-dealkylation sites (tertiary alicyclic amines) is 1. The highest BCUT2D eigenvalue weighted by molar-refractivity contribution is 5.73. The molecule has 5 unspecified atom stereocenters. The normalized spacial score (nSPS) is 36.4. The van der Waals surface area contributed by atoms with Crippen molar-refractivity contribution in [2.45, 2.75) is 71.3 Å². The Hall–Kier alpha value is -1.68. The maximum Gasteiger partial charge on any atom is 0.138 e. The Morgan fingerprint density at radius 1 is 1.27 bits per heavy atom. The molecule has 1 aromatic rings. The van der Waals surface area contributed by atoms with Crippen LogP contribution in [0.25, 0.3) is 5.57 Å². The SMILES string of the molecule is CCOc1cncc(C2=CCC3C(CCC=O)C(C4(C)CCCN4C)CCC23C)c1. The van der Waals surface area contributed by atoms with Gasteiger partial charge in [0, 0.05) is 18.2 Å². The van der Waals surface area contributed by atoms with Gasteiger partial charge in [-0.15, -0.1) is 0 Å². The van der Waals surface area contributed by atoms with E-state index < -0.39 is 0 Å². The van der Waals surface area contributed by atoms with Gasteiger partial charge in [0.1, 0.15) is 12.0 Å². The molecule has 2 aliphatic carbocycles. The van der Waals surface area contributed by atoms with Gasteiger partial charge >= 0.3 is 0 Å². The molecule has 5 atom stereocenters. The van der Waals surface area contributed by atoms with Gasteiger partial charge in [-0.3, -0.25) is 4.98 Å². The maximum absolute atomic E-state index is 11.3. The Bertz CT molecular complexity index is 806. The molecule has 0 spiro atoms. The van der Waals surface area contributed by atoms with E-state index in [-0.39, 0.29) is 11.0 Å². The molecular weight excluding hydrogens is 372 g/mol. The van der Waals surface area contributed by atoms with Crippen LogP contribution in [0.3, 0.4) is 0 Å². The average molecular weight is 411 g/mol. The number of fused-ring (bicyclic) bond motifs is 1. The standard InChI is InChI=1S/C26H38N2O2/c1-5-30-20-16-19(17-27-18-20)22-9-10-23-21(8-6-15-29)24(11-13-25(22,23)2)26(3)12-7-14-28(26)4/h9,15-18,21,23-24H,5-8,10-14H2,1-4H3. The number of rotatable bonds is 7. The van der Waals surface area contributed by atoms with Crippen molar-refractivity contribution in [3.05, 3.63) is 30.1 Å². The van der Waals surface area contributed by atoms with Crippen LogP contribution in [0.2, 0.25) is 0 Å². The van der Waals surface area contributed by atoms with Crippen LogP contribution in [-0.2, 0) is 4.79 Å². The summed E-state index contributed by atoms with van der Waals surface area (Å²) in [5, 5.41) is 0. The van der Waals surface area contributed by atoms with E-state index in [0.29, 0.717) is 30.8 Å². The van der Waals surface area contributed by atoms with Crippen LogP contribution in [0.1, 0.15) is 71.3 Å². The molecule has 1 saturated carbocycles. The molecule has 2 heterocycles. The van der Waals surface area contributed by atoms with Crippen LogP contribution < -0.4 is 4.74 Å². The summed E-state index contributed by atoms with van der Waals surface area (Å²) < 4.78 is 5.72. The average Bonchev–Trinajstić information content (AvgIpc) is 3.26. The third kappa shape index (κ3) is 3.51. The van der Waals surface area contributed by atoms with Crippen LogP contribution in [0.15, 0.2) is 24.5 Å². The molecule has 4 heteroatoms. The fraction of sp³-hybridized carbons (Fsp3) is 0.692. The third-order valence-corrected chi connectivity index (χ3v) is 8.82. The summed E-state index contributed by atoms with van der Waals surface area (Å²) in [4.78, 5) is 18.4. The number of pyridine rings is 1. The van der Waals surface area contributed by atoms with Gasteiger partial charge in [-0.2, -0.15) is 0 Å². The van der Waals surface area contributed by atoms with E-state index in [0.717, 1.165) is 24.9 Å². The van der Waals surface area contributed by atoms with E-state index in [9.17, 15) is 4.79 Å². The van der Waals surface area contributed by atoms with Crippen molar-refractivity contribution in [3.63, 3.8) is 0 Å². The molecule has 0 bridgehead atoms. The zero-order valence-corrected chi connectivity index (χ0v) is 19.2. The largest absolute Gasteiger partial charge is 0.492 e. The van der Waals surface area contributed by atoms with Crippen LogP contribution >= 0.6 is 0 Å². The van der Waals surface area contributed by atoms with Crippen molar-refractivity contribution in [1.29, 1.82) is 0 Å². The molecular formula is C26H38N2O2. The first-order valence-electron chi connectivity index (χ1n) is 11.9. The zero-order chi connectivity index (χ0) is 21.4. The van der Waals surface area contributed by atoms with E-state index >= 15 is 0 Å². The molecule has 4 rings (SSSR count). The van der Waals surface area contributed by atoms with Gasteiger partial charge < -0.3 is 14.4 Å². The Morgan fingerprint density at radius 3 is 2.80 bits per heavy atom. The van der Waals surface area contributed by atoms with Gasteiger partial charge in [0.25, 0.3) is 0 Å². The second-order valence-electron chi connectivity index (χ2n) is 10.2. The number of carbonyl (C=O) groups excluding carboxylic acids is 1. The highest BCUT2D eigenvalue weighted by atomic mass is 16.5. The lowest BCUT2D eigenvalue weighted by molar-refractivity contribution is -0.108. The Labute approximate surface area is 182 Å². The first-order chi connectivity index (χ1) is 14.4. The molecule has 4 nitrogen and oxygen atoms in total. The van der Waals surface area contributed by atoms with Crippen molar-refractivity contribution in [3.8, 4) is 5.75 Å². The molecule has 30 heavy (non-hydrogen) atoms. The first-order valence-corrected chi connectivity index (χ1v) is 11.9. The van der Waals surface area contributed by atoms with Crippen molar-refractivity contribution >= 4 is 11.9 Å². The van der Waals surface area contributed by atoms with Gasteiger partial charge in [0.05, 0.1) is 12.8 Å². The minimum Gasteiger partial charge on any atom is -0.492 e. The Kier molecular flexibility index (Phi) is 6.07. The number of nitrogens with zero attached hydrogens (tertiary/aromatic N) is 2. The summed E-state index contributed by atoms with van der Waals surface area (Å²) >= 11 is 0. The molecule has 164 valence electrons. The first kappa shape index (κ1) is 21.5. The van der Waals surface area contributed by atoms with Crippen LogP contribution in [0.4, 0.5) is 0 Å². The minimum atomic E-state index is 0.157. The molecule has 1 aromatic heterocycles. The van der Waals surface area contributed by atoms with E-state index in [1.807, 2.05) is 19.3 Å². The Morgan fingerprint density at radius 2 is 2.10 bits per heavy atom.